The number of benzene rings is 1. The maximum atomic E-state index is 11.3. The summed E-state index contributed by atoms with van der Waals surface area (Å²) in [4.78, 5) is 30.2. The maximum Gasteiger partial charge on any atom is 0.247 e. The number of aromatic nitrogens is 3. The van der Waals surface area contributed by atoms with Crippen LogP contribution in [0.15, 0.2) is 30.5 Å². The molecule has 1 aliphatic heterocycles. The van der Waals surface area contributed by atoms with E-state index in [0.29, 0.717) is 43.5 Å². The van der Waals surface area contributed by atoms with Gasteiger partial charge in [0.2, 0.25) is 12.4 Å². The number of Topliss-reactive ketones (excluding diaryl/α,β-unsaturated/α-hetero) is 1. The number of hydrogen-bond donors (Lipinski definition) is 1. The zero-order chi connectivity index (χ0) is 16.9. The topological polar surface area (TPSA) is 91.3 Å². The van der Waals surface area contributed by atoms with Crippen molar-refractivity contribution >= 4 is 29.6 Å². The minimum absolute atomic E-state index is 0.0296. The van der Waals surface area contributed by atoms with Gasteiger partial charge in [-0.1, -0.05) is 0 Å². The molecule has 0 atom stereocenters. The summed E-state index contributed by atoms with van der Waals surface area (Å²) in [5, 5.41) is 11.2. The summed E-state index contributed by atoms with van der Waals surface area (Å²) in [7, 11) is 0. The number of piperazine rings is 1. The summed E-state index contributed by atoms with van der Waals surface area (Å²) in [5.41, 5.74) is 1.48. The number of nitrogens with one attached hydrogen (secondary N) is 1. The van der Waals surface area contributed by atoms with Crippen LogP contribution in [0.5, 0.6) is 0 Å². The Hall–Kier alpha value is -3.03. The van der Waals surface area contributed by atoms with Crippen LogP contribution in [0.3, 0.4) is 0 Å². The van der Waals surface area contributed by atoms with Gasteiger partial charge in [-0.15, -0.1) is 5.10 Å². The van der Waals surface area contributed by atoms with Gasteiger partial charge in [0.15, 0.2) is 11.6 Å². The zero-order valence-electron chi connectivity index (χ0n) is 13.3. The first-order valence-electron chi connectivity index (χ1n) is 7.68. The van der Waals surface area contributed by atoms with Crippen LogP contribution >= 0.6 is 0 Å². The van der Waals surface area contributed by atoms with Crippen molar-refractivity contribution in [3.8, 4) is 0 Å². The molecule has 0 unspecified atom stereocenters. The Kier molecular flexibility index (Phi) is 4.64. The number of hydrogen-bond acceptors (Lipinski definition) is 7. The van der Waals surface area contributed by atoms with Crippen LogP contribution in [0.4, 0.5) is 17.5 Å². The van der Waals surface area contributed by atoms with Crippen LogP contribution in [-0.2, 0) is 4.79 Å². The Balaban J connectivity index is 1.69. The van der Waals surface area contributed by atoms with Crippen molar-refractivity contribution in [1.29, 1.82) is 0 Å². The van der Waals surface area contributed by atoms with Crippen LogP contribution in [0.25, 0.3) is 0 Å². The SMILES string of the molecule is CC(=O)c1ccc(Nc2cnnc(N3CCN(C=O)CC3)n2)cc1. The molecule has 1 aliphatic rings. The van der Waals surface area contributed by atoms with Gasteiger partial charge in [0.05, 0.1) is 6.20 Å². The monoisotopic (exact) mass is 326 g/mol. The van der Waals surface area contributed by atoms with E-state index in [-0.39, 0.29) is 5.78 Å². The van der Waals surface area contributed by atoms with E-state index in [9.17, 15) is 9.59 Å². The van der Waals surface area contributed by atoms with Crippen molar-refractivity contribution in [3.05, 3.63) is 36.0 Å². The molecule has 8 heteroatoms. The second kappa shape index (κ2) is 7.03. The first-order valence-corrected chi connectivity index (χ1v) is 7.68. The molecule has 124 valence electrons. The fourth-order valence-electron chi connectivity index (χ4n) is 2.45. The number of nitrogens with zero attached hydrogens (tertiary/aromatic N) is 5. The van der Waals surface area contributed by atoms with Gasteiger partial charge >= 0.3 is 0 Å². The number of carbonyl (C=O) groups excluding carboxylic acids is 2. The summed E-state index contributed by atoms with van der Waals surface area (Å²) in [6.07, 6.45) is 2.41. The predicted molar refractivity (Wildman–Crippen MR) is 89.4 cm³/mol. The fraction of sp³-hybridized carbons (Fsp3) is 0.312. The van der Waals surface area contributed by atoms with E-state index in [2.05, 4.69) is 20.5 Å². The Labute approximate surface area is 139 Å². The van der Waals surface area contributed by atoms with Gasteiger partial charge in [-0.05, 0) is 31.2 Å². The van der Waals surface area contributed by atoms with E-state index in [1.54, 1.807) is 23.2 Å². The molecular formula is C16H18N6O2. The van der Waals surface area contributed by atoms with Gasteiger partial charge in [-0.3, -0.25) is 9.59 Å². The molecule has 0 spiro atoms. The second-order valence-electron chi connectivity index (χ2n) is 5.53. The lowest BCUT2D eigenvalue weighted by molar-refractivity contribution is -0.118. The molecule has 0 bridgehead atoms. The van der Waals surface area contributed by atoms with E-state index in [1.165, 1.54) is 6.92 Å². The Morgan fingerprint density at radius 2 is 1.88 bits per heavy atom. The molecule has 3 rings (SSSR count). The second-order valence-corrected chi connectivity index (χ2v) is 5.53. The van der Waals surface area contributed by atoms with Crippen LogP contribution < -0.4 is 10.2 Å². The first kappa shape index (κ1) is 15.9. The number of ketones is 1. The lowest BCUT2D eigenvalue weighted by Crippen LogP contribution is -2.46. The van der Waals surface area contributed by atoms with Crippen molar-refractivity contribution in [2.24, 2.45) is 0 Å². The Bertz CT molecular complexity index is 726. The van der Waals surface area contributed by atoms with Crippen LogP contribution in [-0.4, -0.2) is 58.5 Å². The van der Waals surface area contributed by atoms with Gasteiger partial charge in [-0.25, -0.2) is 0 Å². The third kappa shape index (κ3) is 3.65. The van der Waals surface area contributed by atoms with Crippen molar-refractivity contribution in [2.75, 3.05) is 36.4 Å². The predicted octanol–water partition coefficient (Wildman–Crippen LogP) is 1.10. The average molecular weight is 326 g/mol. The molecule has 1 aromatic carbocycles. The maximum absolute atomic E-state index is 11.3. The average Bonchev–Trinajstić information content (AvgIpc) is 2.62. The highest BCUT2D eigenvalue weighted by Crippen LogP contribution is 2.17. The summed E-state index contributed by atoms with van der Waals surface area (Å²) >= 11 is 0. The number of rotatable bonds is 5. The van der Waals surface area contributed by atoms with E-state index in [1.807, 2.05) is 17.0 Å². The van der Waals surface area contributed by atoms with Gasteiger partial charge in [0.1, 0.15) is 0 Å². The van der Waals surface area contributed by atoms with Crippen LogP contribution in [0.2, 0.25) is 0 Å². The van der Waals surface area contributed by atoms with E-state index in [0.717, 1.165) is 12.1 Å². The highest BCUT2D eigenvalue weighted by molar-refractivity contribution is 5.94. The number of carbonyl (C=O) groups is 2. The quantitative estimate of drug-likeness (QED) is 0.649. The van der Waals surface area contributed by atoms with Gasteiger partial charge < -0.3 is 15.1 Å². The lowest BCUT2D eigenvalue weighted by Gasteiger charge is -2.32. The smallest absolute Gasteiger partial charge is 0.247 e. The largest absolute Gasteiger partial charge is 0.342 e. The molecule has 1 fully saturated rings. The summed E-state index contributed by atoms with van der Waals surface area (Å²) in [5.74, 6) is 1.14. The number of amides is 1. The molecule has 0 aliphatic carbocycles. The third-order valence-corrected chi connectivity index (χ3v) is 3.86. The zero-order valence-corrected chi connectivity index (χ0v) is 13.3. The summed E-state index contributed by atoms with van der Waals surface area (Å²) in [6.45, 7) is 4.19. The highest BCUT2D eigenvalue weighted by Gasteiger charge is 2.18. The molecule has 24 heavy (non-hydrogen) atoms. The molecule has 0 saturated carbocycles. The molecule has 1 aromatic heterocycles. The fourth-order valence-corrected chi connectivity index (χ4v) is 2.45. The highest BCUT2D eigenvalue weighted by atomic mass is 16.1. The van der Waals surface area contributed by atoms with E-state index < -0.39 is 0 Å². The van der Waals surface area contributed by atoms with Gasteiger partial charge in [0.25, 0.3) is 0 Å². The minimum atomic E-state index is 0.0296. The van der Waals surface area contributed by atoms with Crippen LogP contribution in [0.1, 0.15) is 17.3 Å². The van der Waals surface area contributed by atoms with E-state index in [4.69, 9.17) is 0 Å². The normalized spacial score (nSPS) is 14.4. The lowest BCUT2D eigenvalue weighted by atomic mass is 10.1. The minimum Gasteiger partial charge on any atom is -0.342 e. The molecule has 1 amide bonds. The molecule has 2 heterocycles. The molecular weight excluding hydrogens is 308 g/mol. The molecule has 0 radical (unpaired) electrons. The Morgan fingerprint density at radius 1 is 1.17 bits per heavy atom. The van der Waals surface area contributed by atoms with Crippen molar-refractivity contribution in [1.82, 2.24) is 20.1 Å². The summed E-state index contributed by atoms with van der Waals surface area (Å²) in [6, 6.07) is 7.17. The third-order valence-electron chi connectivity index (χ3n) is 3.86. The number of anilines is 3. The molecule has 8 nitrogen and oxygen atoms in total. The van der Waals surface area contributed by atoms with Gasteiger partial charge in [0, 0.05) is 37.4 Å². The molecule has 1 N–H and O–H groups in total. The standard InChI is InChI=1S/C16H18N6O2/c1-12(24)13-2-4-14(5-3-13)18-15-10-17-20-16(19-15)22-8-6-21(11-23)7-9-22/h2-5,10-11H,6-9H2,1H3,(H,18,19,20). The first-order chi connectivity index (χ1) is 11.7. The van der Waals surface area contributed by atoms with Crippen LogP contribution in [0, 0.1) is 0 Å². The van der Waals surface area contributed by atoms with Crippen molar-refractivity contribution in [3.63, 3.8) is 0 Å². The summed E-state index contributed by atoms with van der Waals surface area (Å²) < 4.78 is 0. The molecule has 1 saturated heterocycles. The van der Waals surface area contributed by atoms with E-state index >= 15 is 0 Å². The molecule has 2 aromatic rings. The van der Waals surface area contributed by atoms with Gasteiger partial charge in [-0.2, -0.15) is 10.1 Å². The Morgan fingerprint density at radius 3 is 2.50 bits per heavy atom. The van der Waals surface area contributed by atoms with Crippen molar-refractivity contribution < 1.29 is 9.59 Å². The van der Waals surface area contributed by atoms with Crippen molar-refractivity contribution in [2.45, 2.75) is 6.92 Å².